The highest BCUT2D eigenvalue weighted by molar-refractivity contribution is 6.83. The molecule has 2 aromatic rings. The molecule has 0 saturated carbocycles. The van der Waals surface area contributed by atoms with Crippen molar-refractivity contribution >= 4 is 25.0 Å². The lowest BCUT2D eigenvalue weighted by atomic mass is 9.88. The molecule has 4 rings (SSSR count). The summed E-state index contributed by atoms with van der Waals surface area (Å²) in [6.07, 6.45) is 1.95. The van der Waals surface area contributed by atoms with Crippen molar-refractivity contribution in [2.75, 3.05) is 19.6 Å². The number of nitrogens with zero attached hydrogens (tertiary/aromatic N) is 2. The number of likely N-dealkylation sites (tertiary alicyclic amines) is 1. The molecule has 0 aromatic heterocycles. The number of rotatable bonds is 4. The zero-order valence-corrected chi connectivity index (χ0v) is 18.2. The van der Waals surface area contributed by atoms with E-state index < -0.39 is 8.32 Å². The zero-order chi connectivity index (χ0) is 20.6. The van der Waals surface area contributed by atoms with Crippen LogP contribution < -0.4 is 21.5 Å². The van der Waals surface area contributed by atoms with Gasteiger partial charge >= 0.3 is 0 Å². The van der Waals surface area contributed by atoms with E-state index in [-0.39, 0.29) is 5.91 Å². The Bertz CT molecular complexity index is 1050. The monoisotopic (exact) mass is 407 g/mol. The second-order valence-electron chi connectivity index (χ2n) is 8.60. The predicted octanol–water partition coefficient (Wildman–Crippen LogP) is 0.740. The van der Waals surface area contributed by atoms with Crippen molar-refractivity contribution in [2.24, 2.45) is 10.7 Å². The fraction of sp³-hybridized carbons (Fsp3) is 0.391. The average molecular weight is 408 g/mol. The summed E-state index contributed by atoms with van der Waals surface area (Å²) < 4.78 is 0. The summed E-state index contributed by atoms with van der Waals surface area (Å²) in [4.78, 5) is 30.1. The Morgan fingerprint density at radius 1 is 1.21 bits per heavy atom. The van der Waals surface area contributed by atoms with Crippen LogP contribution in [0.4, 0.5) is 0 Å². The number of amides is 1. The van der Waals surface area contributed by atoms with Crippen molar-refractivity contribution in [2.45, 2.75) is 38.4 Å². The summed E-state index contributed by atoms with van der Waals surface area (Å²) in [6.45, 7) is 6.32. The fourth-order valence-corrected chi connectivity index (χ4v) is 5.29. The molecular formula is C23H29N3O2Si. The van der Waals surface area contributed by atoms with E-state index in [1.54, 1.807) is 0 Å². The molecule has 29 heavy (non-hydrogen) atoms. The highest BCUT2D eigenvalue weighted by Crippen LogP contribution is 2.29. The normalized spacial score (nSPS) is 17.2. The van der Waals surface area contributed by atoms with Crippen molar-refractivity contribution in [3.8, 4) is 0 Å². The fourth-order valence-electron chi connectivity index (χ4n) is 4.31. The SMILES string of the molecule is C[Si](C)(O)c1ccc2c(c1)=NCC=2C(=O)N1CCC(c2cccc(CN)c2)CC1. The Hall–Kier alpha value is -2.28. The molecule has 0 radical (unpaired) electrons. The first-order valence-electron chi connectivity index (χ1n) is 10.4. The largest absolute Gasteiger partial charge is 0.428 e. The molecule has 1 fully saturated rings. The number of carbonyl (C=O) groups is 1. The maximum absolute atomic E-state index is 13.2. The Morgan fingerprint density at radius 2 is 1.97 bits per heavy atom. The molecule has 2 heterocycles. The summed E-state index contributed by atoms with van der Waals surface area (Å²) in [7, 11) is -2.38. The van der Waals surface area contributed by atoms with E-state index in [1.807, 2.05) is 36.2 Å². The molecule has 0 aliphatic carbocycles. The maximum atomic E-state index is 13.2. The molecule has 5 nitrogen and oxygen atoms in total. The van der Waals surface area contributed by atoms with Crippen LogP contribution in [0.3, 0.4) is 0 Å². The van der Waals surface area contributed by atoms with Crippen LogP contribution in [0, 0.1) is 0 Å². The lowest BCUT2D eigenvalue weighted by molar-refractivity contribution is -0.126. The van der Waals surface area contributed by atoms with Crippen LogP contribution >= 0.6 is 0 Å². The van der Waals surface area contributed by atoms with Crippen LogP contribution in [0.25, 0.3) is 5.57 Å². The number of carbonyl (C=O) groups excluding carboxylic acids is 1. The molecule has 0 bridgehead atoms. The molecule has 3 N–H and O–H groups in total. The van der Waals surface area contributed by atoms with E-state index in [2.05, 4.69) is 29.3 Å². The quantitative estimate of drug-likeness (QED) is 0.734. The Kier molecular flexibility index (Phi) is 5.42. The van der Waals surface area contributed by atoms with Crippen LogP contribution in [0.5, 0.6) is 0 Å². The van der Waals surface area contributed by atoms with Gasteiger partial charge in [-0.3, -0.25) is 9.79 Å². The van der Waals surface area contributed by atoms with Crippen molar-refractivity contribution < 1.29 is 9.59 Å². The second kappa shape index (κ2) is 7.86. The van der Waals surface area contributed by atoms with Crippen molar-refractivity contribution in [1.29, 1.82) is 0 Å². The minimum atomic E-state index is -2.38. The van der Waals surface area contributed by atoms with Gasteiger partial charge < -0.3 is 15.4 Å². The summed E-state index contributed by atoms with van der Waals surface area (Å²) in [5.41, 5.74) is 9.05. The van der Waals surface area contributed by atoms with Gasteiger partial charge in [0.05, 0.1) is 11.9 Å². The van der Waals surface area contributed by atoms with Crippen LogP contribution in [0.1, 0.15) is 29.9 Å². The summed E-state index contributed by atoms with van der Waals surface area (Å²) in [6, 6.07) is 14.4. The molecule has 152 valence electrons. The number of benzene rings is 2. The average Bonchev–Trinajstić information content (AvgIpc) is 3.16. The lowest BCUT2D eigenvalue weighted by Crippen LogP contribution is -2.45. The molecular weight excluding hydrogens is 378 g/mol. The highest BCUT2D eigenvalue weighted by atomic mass is 28.4. The van der Waals surface area contributed by atoms with E-state index in [1.165, 1.54) is 5.56 Å². The molecule has 0 unspecified atom stereocenters. The third-order valence-electron chi connectivity index (χ3n) is 6.14. The van der Waals surface area contributed by atoms with Crippen molar-refractivity contribution in [3.05, 3.63) is 64.2 Å². The molecule has 0 spiro atoms. The summed E-state index contributed by atoms with van der Waals surface area (Å²) >= 11 is 0. The third-order valence-corrected chi connectivity index (χ3v) is 7.86. The van der Waals surface area contributed by atoms with Gasteiger partial charge in [-0.25, -0.2) is 0 Å². The van der Waals surface area contributed by atoms with E-state index in [4.69, 9.17) is 5.73 Å². The number of hydrogen-bond donors (Lipinski definition) is 2. The molecule has 1 saturated heterocycles. The van der Waals surface area contributed by atoms with Crippen LogP contribution in [0.2, 0.25) is 13.1 Å². The van der Waals surface area contributed by atoms with E-state index in [0.717, 1.165) is 52.8 Å². The lowest BCUT2D eigenvalue weighted by Gasteiger charge is -2.32. The van der Waals surface area contributed by atoms with Gasteiger partial charge in [0.15, 0.2) is 0 Å². The molecule has 2 aromatic carbocycles. The Morgan fingerprint density at radius 3 is 2.66 bits per heavy atom. The van der Waals surface area contributed by atoms with Crippen LogP contribution in [0.15, 0.2) is 47.5 Å². The van der Waals surface area contributed by atoms with Gasteiger partial charge in [0.2, 0.25) is 8.32 Å². The van der Waals surface area contributed by atoms with Gasteiger partial charge in [-0.1, -0.05) is 36.4 Å². The molecule has 2 aliphatic heterocycles. The first kappa shape index (κ1) is 20.0. The Balaban J connectivity index is 1.49. The number of nitrogens with two attached hydrogens (primary N) is 1. The molecule has 1 amide bonds. The molecule has 2 aliphatic rings. The molecule has 6 heteroatoms. The standard InChI is InChI=1S/C23H29N3O2Si/c1-29(2,28)19-6-7-20-21(15-25-22(20)13-19)23(27)26-10-8-17(9-11-26)18-5-3-4-16(12-18)14-24/h3-7,12-13,17,28H,8-11,14-15,24H2,1-2H3. The van der Waals surface area contributed by atoms with Gasteiger partial charge in [0, 0.05) is 30.4 Å². The van der Waals surface area contributed by atoms with Crippen LogP contribution in [-0.2, 0) is 11.3 Å². The van der Waals surface area contributed by atoms with Gasteiger partial charge in [0.1, 0.15) is 0 Å². The van der Waals surface area contributed by atoms with Gasteiger partial charge in [0.25, 0.3) is 5.91 Å². The minimum absolute atomic E-state index is 0.106. The third kappa shape index (κ3) is 4.06. The predicted molar refractivity (Wildman–Crippen MR) is 118 cm³/mol. The highest BCUT2D eigenvalue weighted by Gasteiger charge is 2.28. The topological polar surface area (TPSA) is 78.9 Å². The number of fused-ring (bicyclic) bond motifs is 1. The smallest absolute Gasteiger partial charge is 0.252 e. The zero-order valence-electron chi connectivity index (χ0n) is 17.2. The number of hydrogen-bond acceptors (Lipinski definition) is 4. The maximum Gasteiger partial charge on any atom is 0.252 e. The second-order valence-corrected chi connectivity index (χ2v) is 12.3. The van der Waals surface area contributed by atoms with E-state index >= 15 is 0 Å². The molecule has 0 atom stereocenters. The minimum Gasteiger partial charge on any atom is -0.428 e. The first-order valence-corrected chi connectivity index (χ1v) is 13.3. The first-order chi connectivity index (χ1) is 13.9. The number of piperidine rings is 1. The van der Waals surface area contributed by atoms with Gasteiger partial charge in [-0.15, -0.1) is 0 Å². The van der Waals surface area contributed by atoms with Gasteiger partial charge in [-0.05, 0) is 54.2 Å². The van der Waals surface area contributed by atoms with Gasteiger partial charge in [-0.2, -0.15) is 0 Å². The Labute approximate surface area is 172 Å². The summed E-state index contributed by atoms with van der Waals surface area (Å²) in [5.74, 6) is 0.588. The summed E-state index contributed by atoms with van der Waals surface area (Å²) in [5, 5.41) is 2.72. The van der Waals surface area contributed by atoms with Crippen molar-refractivity contribution in [3.63, 3.8) is 0 Å². The van der Waals surface area contributed by atoms with Crippen LogP contribution in [-0.4, -0.2) is 43.6 Å². The van der Waals surface area contributed by atoms with E-state index in [9.17, 15) is 9.59 Å². The van der Waals surface area contributed by atoms with E-state index in [0.29, 0.717) is 19.0 Å². The van der Waals surface area contributed by atoms with Crippen molar-refractivity contribution in [1.82, 2.24) is 4.90 Å².